The van der Waals surface area contributed by atoms with Crippen LogP contribution >= 0.6 is 0 Å². The highest BCUT2D eigenvalue weighted by Gasteiger charge is 2.06. The van der Waals surface area contributed by atoms with Crippen molar-refractivity contribution in [3.05, 3.63) is 84.4 Å². The van der Waals surface area contributed by atoms with E-state index in [1.165, 1.54) is 0 Å². The van der Waals surface area contributed by atoms with Gasteiger partial charge in [-0.15, -0.1) is 0 Å². The van der Waals surface area contributed by atoms with Crippen LogP contribution in [0.4, 0.5) is 5.69 Å². The highest BCUT2D eigenvalue weighted by atomic mass is 16.5. The lowest BCUT2D eigenvalue weighted by atomic mass is 9.97. The van der Waals surface area contributed by atoms with Gasteiger partial charge in [-0.2, -0.15) is 5.10 Å². The molecule has 0 aliphatic heterocycles. The van der Waals surface area contributed by atoms with Crippen molar-refractivity contribution in [2.75, 3.05) is 19.0 Å². The van der Waals surface area contributed by atoms with Gasteiger partial charge in [0.2, 0.25) is 0 Å². The zero-order chi connectivity index (χ0) is 20.1. The molecule has 29 heavy (non-hydrogen) atoms. The predicted octanol–water partition coefficient (Wildman–Crippen LogP) is 4.56. The Morgan fingerprint density at radius 3 is 2.24 bits per heavy atom. The standard InChI is InChI=1S/C24H21N3O2/c1-29-23-13-7-6-12-22(23)25-16-24(28)27-26-15-21-19-10-4-2-8-17(19)14-18-9-3-5-11-20(18)21/h2-15,25H,16H2,1H3,(H,27,28). The molecule has 5 nitrogen and oxygen atoms in total. The lowest BCUT2D eigenvalue weighted by molar-refractivity contribution is -0.119. The first kappa shape index (κ1) is 18.5. The second-order valence-electron chi connectivity index (χ2n) is 6.58. The van der Waals surface area contributed by atoms with E-state index in [4.69, 9.17) is 4.74 Å². The maximum Gasteiger partial charge on any atom is 0.259 e. The molecule has 0 atom stereocenters. The van der Waals surface area contributed by atoms with Crippen LogP contribution in [-0.2, 0) is 4.79 Å². The van der Waals surface area contributed by atoms with Crippen LogP contribution in [0.1, 0.15) is 5.56 Å². The van der Waals surface area contributed by atoms with Crippen LogP contribution in [0.5, 0.6) is 5.75 Å². The minimum atomic E-state index is -0.239. The van der Waals surface area contributed by atoms with Gasteiger partial charge in [0.1, 0.15) is 5.75 Å². The molecule has 0 spiro atoms. The van der Waals surface area contributed by atoms with Crippen LogP contribution in [0.15, 0.2) is 84.0 Å². The van der Waals surface area contributed by atoms with Gasteiger partial charge in [-0.1, -0.05) is 60.7 Å². The number of rotatable bonds is 6. The Labute approximate surface area is 169 Å². The molecule has 5 heteroatoms. The van der Waals surface area contributed by atoms with Gasteiger partial charge in [0.25, 0.3) is 5.91 Å². The van der Waals surface area contributed by atoms with Crippen molar-refractivity contribution in [2.24, 2.45) is 5.10 Å². The van der Waals surface area contributed by atoms with Crippen LogP contribution in [0.3, 0.4) is 0 Å². The third kappa shape index (κ3) is 4.04. The van der Waals surface area contributed by atoms with E-state index in [0.717, 1.165) is 32.8 Å². The Balaban J connectivity index is 1.51. The quantitative estimate of drug-likeness (QED) is 0.291. The Hall–Kier alpha value is -3.86. The summed E-state index contributed by atoms with van der Waals surface area (Å²) in [5.74, 6) is 0.447. The molecule has 0 saturated carbocycles. The van der Waals surface area contributed by atoms with E-state index in [1.807, 2.05) is 48.5 Å². The number of anilines is 1. The van der Waals surface area contributed by atoms with Crippen molar-refractivity contribution in [3.63, 3.8) is 0 Å². The lowest BCUT2D eigenvalue weighted by Crippen LogP contribution is -2.26. The molecule has 0 unspecified atom stereocenters. The van der Waals surface area contributed by atoms with Gasteiger partial charge in [0, 0.05) is 5.56 Å². The third-order valence-electron chi connectivity index (χ3n) is 4.74. The van der Waals surface area contributed by atoms with Gasteiger partial charge < -0.3 is 10.1 Å². The fraction of sp³-hybridized carbons (Fsp3) is 0.0833. The minimum Gasteiger partial charge on any atom is -0.495 e. The maximum absolute atomic E-state index is 12.2. The van der Waals surface area contributed by atoms with Gasteiger partial charge in [-0.25, -0.2) is 5.43 Å². The summed E-state index contributed by atoms with van der Waals surface area (Å²) in [6, 6.07) is 25.9. The molecule has 1 amide bonds. The minimum absolute atomic E-state index is 0.0913. The van der Waals surface area contributed by atoms with Gasteiger partial charge in [-0.05, 0) is 39.7 Å². The number of nitrogens with one attached hydrogen (secondary N) is 2. The van der Waals surface area contributed by atoms with Crippen molar-refractivity contribution in [1.82, 2.24) is 5.43 Å². The van der Waals surface area contributed by atoms with Crippen LogP contribution in [0, 0.1) is 0 Å². The molecule has 0 aromatic heterocycles. The summed E-state index contributed by atoms with van der Waals surface area (Å²) in [6.07, 6.45) is 1.71. The summed E-state index contributed by atoms with van der Waals surface area (Å²) >= 11 is 0. The predicted molar refractivity (Wildman–Crippen MR) is 119 cm³/mol. The molecule has 0 aliphatic carbocycles. The number of fused-ring (bicyclic) bond motifs is 2. The average Bonchev–Trinajstić information content (AvgIpc) is 2.77. The van der Waals surface area contributed by atoms with Gasteiger partial charge >= 0.3 is 0 Å². The Bertz CT molecular complexity index is 1150. The van der Waals surface area contributed by atoms with Crippen molar-refractivity contribution in [1.29, 1.82) is 0 Å². The molecule has 0 bridgehead atoms. The summed E-state index contributed by atoms with van der Waals surface area (Å²) in [5, 5.41) is 11.7. The number of benzene rings is 4. The summed E-state index contributed by atoms with van der Waals surface area (Å²) in [4.78, 5) is 12.2. The van der Waals surface area contributed by atoms with Crippen molar-refractivity contribution in [2.45, 2.75) is 0 Å². The highest BCUT2D eigenvalue weighted by Crippen LogP contribution is 2.27. The van der Waals surface area contributed by atoms with E-state index in [0.29, 0.717) is 5.75 Å². The Morgan fingerprint density at radius 2 is 1.55 bits per heavy atom. The summed E-state index contributed by atoms with van der Waals surface area (Å²) in [6.45, 7) is 0.0913. The first-order chi connectivity index (χ1) is 14.3. The molecule has 0 heterocycles. The second-order valence-corrected chi connectivity index (χ2v) is 6.58. The molecular weight excluding hydrogens is 362 g/mol. The molecule has 144 valence electrons. The van der Waals surface area contributed by atoms with Gasteiger partial charge in [0.05, 0.1) is 25.6 Å². The van der Waals surface area contributed by atoms with Crippen molar-refractivity contribution >= 4 is 39.4 Å². The molecule has 2 N–H and O–H groups in total. The number of nitrogens with zero attached hydrogens (tertiary/aromatic N) is 1. The largest absolute Gasteiger partial charge is 0.495 e. The molecule has 0 fully saturated rings. The van der Waals surface area contributed by atoms with E-state index < -0.39 is 0 Å². The molecule has 0 aliphatic rings. The van der Waals surface area contributed by atoms with Gasteiger partial charge in [0.15, 0.2) is 0 Å². The first-order valence-electron chi connectivity index (χ1n) is 9.35. The number of hydrogen-bond acceptors (Lipinski definition) is 4. The van der Waals surface area contributed by atoms with Crippen LogP contribution < -0.4 is 15.5 Å². The number of carbonyl (C=O) groups excluding carboxylic acids is 1. The molecule has 4 aromatic rings. The number of carbonyl (C=O) groups is 1. The average molecular weight is 383 g/mol. The van der Waals surface area contributed by atoms with Crippen LogP contribution in [0.2, 0.25) is 0 Å². The number of methoxy groups -OCH3 is 1. The van der Waals surface area contributed by atoms with E-state index in [-0.39, 0.29) is 12.5 Å². The van der Waals surface area contributed by atoms with E-state index >= 15 is 0 Å². The number of para-hydroxylation sites is 2. The number of ether oxygens (including phenoxy) is 1. The van der Waals surface area contributed by atoms with E-state index in [2.05, 4.69) is 46.2 Å². The molecule has 0 saturated heterocycles. The summed E-state index contributed by atoms with van der Waals surface area (Å²) in [5.41, 5.74) is 4.34. The molecule has 0 radical (unpaired) electrons. The van der Waals surface area contributed by atoms with Crippen molar-refractivity contribution in [3.8, 4) is 5.75 Å². The molecular formula is C24H21N3O2. The lowest BCUT2D eigenvalue weighted by Gasteiger charge is -2.10. The molecule has 4 rings (SSSR count). The van der Waals surface area contributed by atoms with E-state index in [9.17, 15) is 4.79 Å². The van der Waals surface area contributed by atoms with Crippen molar-refractivity contribution < 1.29 is 9.53 Å². The SMILES string of the molecule is COc1ccccc1NCC(=O)NN=Cc1c2ccccc2cc2ccccc12. The number of amides is 1. The number of hydrazone groups is 1. The third-order valence-corrected chi connectivity index (χ3v) is 4.74. The summed E-state index contributed by atoms with van der Waals surface area (Å²) < 4.78 is 5.27. The fourth-order valence-corrected chi connectivity index (χ4v) is 3.36. The topological polar surface area (TPSA) is 62.7 Å². The highest BCUT2D eigenvalue weighted by molar-refractivity contribution is 6.13. The fourth-order valence-electron chi connectivity index (χ4n) is 3.36. The maximum atomic E-state index is 12.2. The normalized spacial score (nSPS) is 11.1. The summed E-state index contributed by atoms with van der Waals surface area (Å²) in [7, 11) is 1.60. The Morgan fingerprint density at radius 1 is 0.931 bits per heavy atom. The van der Waals surface area contributed by atoms with E-state index in [1.54, 1.807) is 13.3 Å². The zero-order valence-corrected chi connectivity index (χ0v) is 16.1. The van der Waals surface area contributed by atoms with Crippen LogP contribution in [0.25, 0.3) is 21.5 Å². The second kappa shape index (κ2) is 8.44. The van der Waals surface area contributed by atoms with Crippen LogP contribution in [-0.4, -0.2) is 25.8 Å². The first-order valence-corrected chi connectivity index (χ1v) is 9.35. The molecule has 4 aromatic carbocycles. The Kier molecular flexibility index (Phi) is 5.38. The smallest absolute Gasteiger partial charge is 0.259 e. The number of hydrogen-bond donors (Lipinski definition) is 2. The van der Waals surface area contributed by atoms with Gasteiger partial charge in [-0.3, -0.25) is 4.79 Å². The zero-order valence-electron chi connectivity index (χ0n) is 16.1. The monoisotopic (exact) mass is 383 g/mol.